The highest BCUT2D eigenvalue weighted by Gasteiger charge is 2.14. The van der Waals surface area contributed by atoms with Crippen molar-refractivity contribution in [3.05, 3.63) is 96.1 Å². The Kier molecular flexibility index (Phi) is 3.53. The van der Waals surface area contributed by atoms with Crippen LogP contribution in [-0.4, -0.2) is 4.57 Å². The Bertz CT molecular complexity index is 1170. The molecule has 0 spiro atoms. The lowest BCUT2D eigenvalue weighted by Gasteiger charge is -2.13. The van der Waals surface area contributed by atoms with E-state index >= 15 is 0 Å². The number of hydrogen-bond donors (Lipinski definition) is 0. The first kappa shape index (κ1) is 15.2. The zero-order chi connectivity index (χ0) is 17.5. The zero-order valence-corrected chi connectivity index (χ0v) is 14.9. The molecule has 1 aliphatic carbocycles. The van der Waals surface area contributed by atoms with Gasteiger partial charge in [0.25, 0.3) is 0 Å². The number of rotatable bonds is 2. The van der Waals surface area contributed by atoms with Gasteiger partial charge in [0.1, 0.15) is 0 Å². The summed E-state index contributed by atoms with van der Waals surface area (Å²) in [5.41, 5.74) is 7.99. The highest BCUT2D eigenvalue weighted by molar-refractivity contribution is 6.10. The summed E-state index contributed by atoms with van der Waals surface area (Å²) in [6, 6.07) is 26.3. The molecule has 0 saturated heterocycles. The predicted molar refractivity (Wildman–Crippen MR) is 112 cm³/mol. The summed E-state index contributed by atoms with van der Waals surface area (Å²) in [7, 11) is 0. The number of fused-ring (bicyclic) bond motifs is 3. The predicted octanol–water partition coefficient (Wildman–Crippen LogP) is 6.91. The molecule has 0 saturated carbocycles. The van der Waals surface area contributed by atoms with E-state index in [2.05, 4.69) is 96.4 Å². The Morgan fingerprint density at radius 1 is 0.692 bits per heavy atom. The number of allylic oxidation sites excluding steroid dienone is 4. The fourth-order valence-electron chi connectivity index (χ4n) is 4.01. The van der Waals surface area contributed by atoms with Crippen LogP contribution in [0.1, 0.15) is 25.3 Å². The van der Waals surface area contributed by atoms with E-state index in [0.29, 0.717) is 0 Å². The van der Waals surface area contributed by atoms with Gasteiger partial charge in [0, 0.05) is 16.5 Å². The Balaban J connectivity index is 1.79. The van der Waals surface area contributed by atoms with E-state index in [1.54, 1.807) is 0 Å². The van der Waals surface area contributed by atoms with Crippen LogP contribution < -0.4 is 0 Å². The van der Waals surface area contributed by atoms with Crippen LogP contribution in [0.15, 0.2) is 90.5 Å². The molecule has 0 aliphatic heterocycles. The summed E-state index contributed by atoms with van der Waals surface area (Å²) in [6.45, 7) is 2.21. The molecule has 1 aliphatic rings. The van der Waals surface area contributed by atoms with Gasteiger partial charge in [-0.2, -0.15) is 0 Å². The summed E-state index contributed by atoms with van der Waals surface area (Å²) in [4.78, 5) is 0. The standard InChI is InChI=1S/C25H21N/c1-18-11-13-19(14-12-18)20-15-16-25-23(17-20)22-9-5-6-10-24(22)26(25)21-7-3-2-4-8-21/h2-11,13,15-17H,12,14H2,1H3. The number of hydrogen-bond acceptors (Lipinski definition) is 0. The monoisotopic (exact) mass is 335 g/mol. The van der Waals surface area contributed by atoms with Gasteiger partial charge in [0.15, 0.2) is 0 Å². The first-order valence-electron chi connectivity index (χ1n) is 9.26. The third-order valence-corrected chi connectivity index (χ3v) is 5.42. The molecule has 5 rings (SSSR count). The van der Waals surface area contributed by atoms with Gasteiger partial charge in [-0.25, -0.2) is 0 Å². The van der Waals surface area contributed by atoms with Crippen molar-refractivity contribution in [3.63, 3.8) is 0 Å². The summed E-state index contributed by atoms with van der Waals surface area (Å²) in [5, 5.41) is 2.64. The minimum atomic E-state index is 1.13. The minimum absolute atomic E-state index is 1.13. The molecule has 1 heteroatoms. The fraction of sp³-hybridized carbons (Fsp3) is 0.120. The van der Waals surface area contributed by atoms with Gasteiger partial charge in [-0.15, -0.1) is 0 Å². The van der Waals surface area contributed by atoms with E-state index in [0.717, 1.165) is 12.8 Å². The van der Waals surface area contributed by atoms with Crippen molar-refractivity contribution in [2.45, 2.75) is 19.8 Å². The quantitative estimate of drug-likeness (QED) is 0.375. The second-order valence-electron chi connectivity index (χ2n) is 7.12. The van der Waals surface area contributed by atoms with Crippen molar-refractivity contribution in [2.75, 3.05) is 0 Å². The summed E-state index contributed by atoms with van der Waals surface area (Å²) in [6.07, 6.45) is 6.84. The Hall–Kier alpha value is -3.06. The second kappa shape index (κ2) is 6.03. The zero-order valence-electron chi connectivity index (χ0n) is 14.9. The van der Waals surface area contributed by atoms with Crippen molar-refractivity contribution in [1.82, 2.24) is 4.57 Å². The summed E-state index contributed by atoms with van der Waals surface area (Å²) >= 11 is 0. The van der Waals surface area contributed by atoms with Gasteiger partial charge < -0.3 is 4.57 Å². The van der Waals surface area contributed by atoms with Crippen LogP contribution in [0, 0.1) is 0 Å². The smallest absolute Gasteiger partial charge is 0.0541 e. The second-order valence-corrected chi connectivity index (χ2v) is 7.12. The van der Waals surface area contributed by atoms with Crippen LogP contribution in [0.2, 0.25) is 0 Å². The molecular weight excluding hydrogens is 314 g/mol. The van der Waals surface area contributed by atoms with Crippen LogP contribution in [0.25, 0.3) is 33.1 Å². The molecule has 0 bridgehead atoms. The Morgan fingerprint density at radius 3 is 2.27 bits per heavy atom. The average Bonchev–Trinajstić information content (AvgIpc) is 3.03. The maximum Gasteiger partial charge on any atom is 0.0541 e. The minimum Gasteiger partial charge on any atom is -0.309 e. The molecular formula is C25H21N. The third-order valence-electron chi connectivity index (χ3n) is 5.42. The van der Waals surface area contributed by atoms with Crippen LogP contribution in [0.4, 0.5) is 0 Å². The van der Waals surface area contributed by atoms with Crippen molar-refractivity contribution >= 4 is 27.4 Å². The van der Waals surface area contributed by atoms with E-state index in [1.807, 2.05) is 0 Å². The van der Waals surface area contributed by atoms with Crippen LogP contribution in [0.3, 0.4) is 0 Å². The summed E-state index contributed by atoms with van der Waals surface area (Å²) < 4.78 is 2.37. The number of nitrogens with zero attached hydrogens (tertiary/aromatic N) is 1. The molecule has 0 N–H and O–H groups in total. The van der Waals surface area contributed by atoms with Gasteiger partial charge in [-0.3, -0.25) is 0 Å². The van der Waals surface area contributed by atoms with Crippen molar-refractivity contribution in [1.29, 1.82) is 0 Å². The summed E-state index contributed by atoms with van der Waals surface area (Å²) in [5.74, 6) is 0. The lowest BCUT2D eigenvalue weighted by atomic mass is 9.93. The Labute approximate surface area is 153 Å². The molecule has 0 unspecified atom stereocenters. The first-order chi connectivity index (χ1) is 12.8. The first-order valence-corrected chi connectivity index (χ1v) is 9.26. The highest BCUT2D eigenvalue weighted by atomic mass is 15.0. The number of aromatic nitrogens is 1. The molecule has 0 radical (unpaired) electrons. The molecule has 26 heavy (non-hydrogen) atoms. The molecule has 1 nitrogen and oxygen atoms in total. The number of para-hydroxylation sites is 2. The molecule has 1 heterocycles. The largest absolute Gasteiger partial charge is 0.309 e. The fourth-order valence-corrected chi connectivity index (χ4v) is 4.01. The van der Waals surface area contributed by atoms with E-state index in [-0.39, 0.29) is 0 Å². The topological polar surface area (TPSA) is 4.93 Å². The maximum atomic E-state index is 2.37. The van der Waals surface area contributed by atoms with E-state index in [9.17, 15) is 0 Å². The molecule has 1 aromatic heterocycles. The van der Waals surface area contributed by atoms with Crippen molar-refractivity contribution in [3.8, 4) is 5.69 Å². The van der Waals surface area contributed by atoms with Gasteiger partial charge in [-0.05, 0) is 61.2 Å². The molecule has 4 aromatic rings. The van der Waals surface area contributed by atoms with Crippen LogP contribution >= 0.6 is 0 Å². The van der Waals surface area contributed by atoms with Gasteiger partial charge >= 0.3 is 0 Å². The molecule has 0 atom stereocenters. The normalized spacial score (nSPS) is 14.5. The van der Waals surface area contributed by atoms with E-state index < -0.39 is 0 Å². The lowest BCUT2D eigenvalue weighted by Crippen LogP contribution is -1.94. The average molecular weight is 335 g/mol. The van der Waals surface area contributed by atoms with Gasteiger partial charge in [0.05, 0.1) is 11.0 Å². The highest BCUT2D eigenvalue weighted by Crippen LogP contribution is 2.35. The maximum absolute atomic E-state index is 2.37. The third kappa shape index (κ3) is 2.40. The lowest BCUT2D eigenvalue weighted by molar-refractivity contribution is 0.977. The van der Waals surface area contributed by atoms with Gasteiger partial charge in [0.2, 0.25) is 0 Å². The molecule has 126 valence electrons. The van der Waals surface area contributed by atoms with E-state index in [4.69, 9.17) is 0 Å². The SMILES string of the molecule is CC1=CC=C(c2ccc3c(c2)c2ccccc2n3-c2ccccc2)CC1. The molecule has 0 fully saturated rings. The van der Waals surface area contributed by atoms with Gasteiger partial charge in [-0.1, -0.05) is 60.2 Å². The van der Waals surface area contributed by atoms with Crippen LogP contribution in [0.5, 0.6) is 0 Å². The molecule has 3 aromatic carbocycles. The Morgan fingerprint density at radius 2 is 1.46 bits per heavy atom. The van der Waals surface area contributed by atoms with Crippen LogP contribution in [-0.2, 0) is 0 Å². The van der Waals surface area contributed by atoms with Crippen molar-refractivity contribution in [2.24, 2.45) is 0 Å². The number of benzene rings is 3. The van der Waals surface area contributed by atoms with Crippen molar-refractivity contribution < 1.29 is 0 Å². The molecule has 0 amide bonds. The van der Waals surface area contributed by atoms with E-state index in [1.165, 1.54) is 44.2 Å².